The summed E-state index contributed by atoms with van der Waals surface area (Å²) in [5.74, 6) is 1.54. The number of carbonyl (C=O) groups excluding carboxylic acids is 2. The monoisotopic (exact) mass is 483 g/mol. The lowest BCUT2D eigenvalue weighted by Gasteiger charge is -2.41. The number of benzene rings is 2. The third-order valence-electron chi connectivity index (χ3n) is 6.56. The minimum atomic E-state index is -0.353. The standard InChI is InChI=1S/C24H29N5O4S/c1-32-19-10-15-8-9-28(13-16(15)11-20(19)33-2)21(30)14-34-24-26-22-18(12-25-27-22)23(31)29(24)17-6-4-3-5-7-17/h3-7,10-11,18,22,24-27H,8-9,12-14H2,1-2H3. The summed E-state index contributed by atoms with van der Waals surface area (Å²) >= 11 is 1.44. The number of anilines is 1. The van der Waals surface area contributed by atoms with Crippen LogP contribution in [0.4, 0.5) is 5.69 Å². The zero-order valence-electron chi connectivity index (χ0n) is 19.2. The van der Waals surface area contributed by atoms with E-state index in [-0.39, 0.29) is 35.1 Å². The molecule has 3 N–H and O–H groups in total. The number of hydrogen-bond donors (Lipinski definition) is 3. The van der Waals surface area contributed by atoms with Crippen LogP contribution in [-0.2, 0) is 22.6 Å². The van der Waals surface area contributed by atoms with Gasteiger partial charge in [-0.3, -0.25) is 25.2 Å². The lowest BCUT2D eigenvalue weighted by Crippen LogP contribution is -2.64. The molecule has 3 unspecified atom stereocenters. The molecule has 180 valence electrons. The molecule has 3 heterocycles. The van der Waals surface area contributed by atoms with Crippen LogP contribution < -0.4 is 30.5 Å². The van der Waals surface area contributed by atoms with Gasteiger partial charge >= 0.3 is 0 Å². The zero-order chi connectivity index (χ0) is 23.7. The first-order valence-electron chi connectivity index (χ1n) is 11.3. The maximum atomic E-state index is 13.3. The third kappa shape index (κ3) is 4.34. The van der Waals surface area contributed by atoms with E-state index in [1.165, 1.54) is 17.3 Å². The van der Waals surface area contributed by atoms with Crippen LogP contribution in [0.3, 0.4) is 0 Å². The predicted molar refractivity (Wildman–Crippen MR) is 130 cm³/mol. The molecule has 0 aromatic heterocycles. The van der Waals surface area contributed by atoms with E-state index in [2.05, 4.69) is 16.2 Å². The molecule has 5 rings (SSSR count). The van der Waals surface area contributed by atoms with E-state index in [0.29, 0.717) is 31.1 Å². The number of para-hydroxylation sites is 1. The summed E-state index contributed by atoms with van der Waals surface area (Å²) in [4.78, 5) is 30.1. The van der Waals surface area contributed by atoms with Gasteiger partial charge in [0.15, 0.2) is 11.5 Å². The molecule has 0 bridgehead atoms. The molecule has 2 aromatic carbocycles. The highest BCUT2D eigenvalue weighted by molar-refractivity contribution is 8.00. The summed E-state index contributed by atoms with van der Waals surface area (Å²) in [7, 11) is 3.24. The predicted octanol–water partition coefficient (Wildman–Crippen LogP) is 1.29. The summed E-state index contributed by atoms with van der Waals surface area (Å²) in [5.41, 5.74) is 8.92. The van der Waals surface area contributed by atoms with Gasteiger partial charge in [-0.05, 0) is 41.8 Å². The van der Waals surface area contributed by atoms with Crippen LogP contribution >= 0.6 is 11.8 Å². The van der Waals surface area contributed by atoms with Crippen LogP contribution in [0.2, 0.25) is 0 Å². The maximum absolute atomic E-state index is 13.3. The van der Waals surface area contributed by atoms with E-state index >= 15 is 0 Å². The zero-order valence-corrected chi connectivity index (χ0v) is 20.1. The summed E-state index contributed by atoms with van der Waals surface area (Å²) in [6, 6.07) is 13.6. The van der Waals surface area contributed by atoms with Crippen molar-refractivity contribution >= 4 is 29.3 Å². The number of rotatable bonds is 6. The summed E-state index contributed by atoms with van der Waals surface area (Å²) < 4.78 is 10.8. The molecule has 34 heavy (non-hydrogen) atoms. The van der Waals surface area contributed by atoms with Gasteiger partial charge in [-0.15, -0.1) is 11.8 Å². The minimum Gasteiger partial charge on any atom is -0.493 e. The number of nitrogens with one attached hydrogen (secondary N) is 3. The summed E-state index contributed by atoms with van der Waals surface area (Å²) in [6.45, 7) is 1.75. The van der Waals surface area contributed by atoms with E-state index in [9.17, 15) is 9.59 Å². The number of ether oxygens (including phenoxy) is 2. The highest BCUT2D eigenvalue weighted by Crippen LogP contribution is 2.34. The Morgan fingerprint density at radius 1 is 1.12 bits per heavy atom. The van der Waals surface area contributed by atoms with E-state index in [0.717, 1.165) is 17.7 Å². The van der Waals surface area contributed by atoms with Gasteiger partial charge in [-0.25, -0.2) is 5.43 Å². The molecule has 2 amide bonds. The Morgan fingerprint density at radius 3 is 2.59 bits per heavy atom. The fourth-order valence-electron chi connectivity index (χ4n) is 4.72. The van der Waals surface area contributed by atoms with Crippen LogP contribution in [0.25, 0.3) is 0 Å². The first-order valence-corrected chi connectivity index (χ1v) is 12.4. The smallest absolute Gasteiger partial charge is 0.236 e. The molecule has 0 radical (unpaired) electrons. The lowest BCUT2D eigenvalue weighted by atomic mass is 9.99. The molecule has 2 fully saturated rings. The quantitative estimate of drug-likeness (QED) is 0.566. The van der Waals surface area contributed by atoms with Crippen molar-refractivity contribution in [2.45, 2.75) is 24.6 Å². The number of carbonyl (C=O) groups is 2. The molecule has 0 spiro atoms. The van der Waals surface area contributed by atoms with Gasteiger partial charge in [0.1, 0.15) is 5.50 Å². The van der Waals surface area contributed by atoms with E-state index in [1.54, 1.807) is 19.1 Å². The van der Waals surface area contributed by atoms with Crippen molar-refractivity contribution < 1.29 is 19.1 Å². The number of hydrazine groups is 1. The van der Waals surface area contributed by atoms with Crippen LogP contribution in [0, 0.1) is 5.92 Å². The topological polar surface area (TPSA) is 95.2 Å². The van der Waals surface area contributed by atoms with Crippen molar-refractivity contribution in [3.05, 3.63) is 53.6 Å². The normalized spacial score (nSPS) is 23.9. The Balaban J connectivity index is 1.28. The molecule has 3 aliphatic rings. The molecular weight excluding hydrogens is 454 g/mol. The third-order valence-corrected chi connectivity index (χ3v) is 7.64. The Labute approximate surface area is 203 Å². The van der Waals surface area contributed by atoms with Gasteiger partial charge in [0, 0.05) is 25.3 Å². The summed E-state index contributed by atoms with van der Waals surface area (Å²) in [5, 5.41) is 3.49. The van der Waals surface area contributed by atoms with Crippen LogP contribution in [0.1, 0.15) is 11.1 Å². The van der Waals surface area contributed by atoms with Gasteiger partial charge in [-0.1, -0.05) is 18.2 Å². The van der Waals surface area contributed by atoms with E-state index in [1.807, 2.05) is 47.4 Å². The average molecular weight is 484 g/mol. The highest BCUT2D eigenvalue weighted by Gasteiger charge is 2.45. The second-order valence-corrected chi connectivity index (χ2v) is 9.59. The Bertz CT molecular complexity index is 1070. The second kappa shape index (κ2) is 9.83. The van der Waals surface area contributed by atoms with Crippen molar-refractivity contribution in [3.63, 3.8) is 0 Å². The number of methoxy groups -OCH3 is 2. The SMILES string of the molecule is COc1cc2c(cc1OC)CN(C(=O)CSC1NC3NNCC3C(=O)N1c1ccccc1)CC2. The van der Waals surface area contributed by atoms with Crippen molar-refractivity contribution in [2.24, 2.45) is 5.92 Å². The Morgan fingerprint density at radius 2 is 1.85 bits per heavy atom. The molecule has 3 aliphatic heterocycles. The van der Waals surface area contributed by atoms with Gasteiger partial charge in [-0.2, -0.15) is 0 Å². The molecule has 2 aromatic rings. The number of nitrogens with zero attached hydrogens (tertiary/aromatic N) is 2. The van der Waals surface area contributed by atoms with Crippen molar-refractivity contribution in [1.82, 2.24) is 21.1 Å². The molecule has 2 saturated heterocycles. The van der Waals surface area contributed by atoms with E-state index in [4.69, 9.17) is 9.47 Å². The van der Waals surface area contributed by atoms with Gasteiger partial charge < -0.3 is 14.4 Å². The van der Waals surface area contributed by atoms with Crippen LogP contribution in [0.5, 0.6) is 11.5 Å². The molecule has 0 aliphatic carbocycles. The first kappa shape index (κ1) is 23.0. The molecular formula is C24H29N5O4S. The highest BCUT2D eigenvalue weighted by atomic mass is 32.2. The first-order chi connectivity index (χ1) is 16.6. The van der Waals surface area contributed by atoms with Gasteiger partial charge in [0.2, 0.25) is 11.8 Å². The molecule has 3 atom stereocenters. The number of amides is 2. The fraction of sp³-hybridized carbons (Fsp3) is 0.417. The minimum absolute atomic E-state index is 0.0466. The number of thioether (sulfide) groups is 1. The van der Waals surface area contributed by atoms with Crippen molar-refractivity contribution in [2.75, 3.05) is 38.0 Å². The van der Waals surface area contributed by atoms with Gasteiger partial charge in [0.25, 0.3) is 0 Å². The van der Waals surface area contributed by atoms with E-state index < -0.39 is 0 Å². The largest absolute Gasteiger partial charge is 0.493 e. The van der Waals surface area contributed by atoms with Crippen molar-refractivity contribution in [1.29, 1.82) is 0 Å². The van der Waals surface area contributed by atoms with Crippen molar-refractivity contribution in [3.8, 4) is 11.5 Å². The molecule has 9 nitrogen and oxygen atoms in total. The van der Waals surface area contributed by atoms with Gasteiger partial charge in [0.05, 0.1) is 32.1 Å². The second-order valence-electron chi connectivity index (χ2n) is 8.52. The summed E-state index contributed by atoms with van der Waals surface area (Å²) in [6.07, 6.45) is 0.603. The number of hydrogen-bond acceptors (Lipinski definition) is 8. The van der Waals surface area contributed by atoms with Crippen LogP contribution in [-0.4, -0.2) is 61.4 Å². The average Bonchev–Trinajstić information content (AvgIpc) is 3.35. The lowest BCUT2D eigenvalue weighted by molar-refractivity contribution is -0.129. The molecule has 10 heteroatoms. The number of fused-ring (bicyclic) bond motifs is 2. The fourth-order valence-corrected chi connectivity index (χ4v) is 5.82. The maximum Gasteiger partial charge on any atom is 0.236 e. The Kier molecular flexibility index (Phi) is 6.64. The Hall–Kier alpha value is -2.79. The molecule has 0 saturated carbocycles. The van der Waals surface area contributed by atoms with Crippen LogP contribution in [0.15, 0.2) is 42.5 Å².